The number of carbonyl (C=O) groups is 3. The first-order valence-electron chi connectivity index (χ1n) is 10.6. The second-order valence-corrected chi connectivity index (χ2v) is 8.09. The average molecular weight is 440 g/mol. The Hall–Kier alpha value is -3.39. The maximum atomic E-state index is 12.5. The molecule has 0 bridgehead atoms. The molecule has 0 fully saturated rings. The number of nitrogens with one attached hydrogen (secondary N) is 2. The van der Waals surface area contributed by atoms with Gasteiger partial charge in [-0.15, -0.1) is 0 Å². The standard InChI is InChI=1S/C24H29N3O5/c1-4-20(22(28)25-21(23(29)30)13-27(2)3)26-24(31)32-14-19-17-11-7-5-9-15(17)16-10-6-8-12-18(16)19/h5-12,19-21H,4,13-14H2,1-3H3,(H,25,28)(H,26,31)(H,29,30)/t20-,21-/m0/s1. The highest BCUT2D eigenvalue weighted by molar-refractivity contribution is 5.89. The molecule has 1 aliphatic carbocycles. The van der Waals surface area contributed by atoms with Crippen molar-refractivity contribution in [2.24, 2.45) is 0 Å². The van der Waals surface area contributed by atoms with E-state index in [1.54, 1.807) is 25.9 Å². The third kappa shape index (κ3) is 5.26. The van der Waals surface area contributed by atoms with Gasteiger partial charge in [0.2, 0.25) is 5.91 Å². The normalized spacial score (nSPS) is 14.2. The van der Waals surface area contributed by atoms with E-state index in [4.69, 9.17) is 4.74 Å². The highest BCUT2D eigenvalue weighted by Crippen LogP contribution is 2.44. The van der Waals surface area contributed by atoms with E-state index >= 15 is 0 Å². The molecule has 170 valence electrons. The zero-order chi connectivity index (χ0) is 23.3. The van der Waals surface area contributed by atoms with Gasteiger partial charge >= 0.3 is 12.1 Å². The van der Waals surface area contributed by atoms with Crippen LogP contribution in [-0.2, 0) is 14.3 Å². The van der Waals surface area contributed by atoms with Crippen molar-refractivity contribution in [3.05, 3.63) is 59.7 Å². The summed E-state index contributed by atoms with van der Waals surface area (Å²) in [5, 5.41) is 14.4. The minimum Gasteiger partial charge on any atom is -0.480 e. The number of nitrogens with zero attached hydrogens (tertiary/aromatic N) is 1. The number of hydrogen-bond acceptors (Lipinski definition) is 5. The van der Waals surface area contributed by atoms with E-state index in [1.165, 1.54) is 0 Å². The van der Waals surface area contributed by atoms with E-state index in [2.05, 4.69) is 22.8 Å². The third-order valence-corrected chi connectivity index (χ3v) is 5.52. The number of carbonyl (C=O) groups excluding carboxylic acids is 2. The molecule has 2 aromatic carbocycles. The van der Waals surface area contributed by atoms with Crippen molar-refractivity contribution in [1.82, 2.24) is 15.5 Å². The molecule has 0 radical (unpaired) electrons. The van der Waals surface area contributed by atoms with Crippen molar-refractivity contribution in [2.75, 3.05) is 27.2 Å². The van der Waals surface area contributed by atoms with Gasteiger partial charge in [-0.05, 0) is 42.8 Å². The number of aliphatic carboxylic acids is 1. The maximum absolute atomic E-state index is 12.5. The molecule has 0 unspecified atom stereocenters. The van der Waals surface area contributed by atoms with Crippen molar-refractivity contribution in [2.45, 2.75) is 31.3 Å². The molecule has 2 atom stereocenters. The summed E-state index contributed by atoms with van der Waals surface area (Å²) in [6.07, 6.45) is -0.419. The number of likely N-dealkylation sites (N-methyl/N-ethyl adjacent to an activating group) is 1. The number of benzene rings is 2. The van der Waals surface area contributed by atoms with Crippen molar-refractivity contribution in [1.29, 1.82) is 0 Å². The molecule has 0 aromatic heterocycles. The lowest BCUT2D eigenvalue weighted by atomic mass is 9.98. The van der Waals surface area contributed by atoms with Crippen LogP contribution in [0.5, 0.6) is 0 Å². The van der Waals surface area contributed by atoms with Crippen molar-refractivity contribution >= 4 is 18.0 Å². The molecular weight excluding hydrogens is 410 g/mol. The van der Waals surface area contributed by atoms with E-state index in [0.717, 1.165) is 22.3 Å². The molecule has 0 heterocycles. The smallest absolute Gasteiger partial charge is 0.407 e. The molecule has 0 saturated carbocycles. The molecule has 3 N–H and O–H groups in total. The van der Waals surface area contributed by atoms with Gasteiger partial charge in [-0.2, -0.15) is 0 Å². The summed E-state index contributed by atoms with van der Waals surface area (Å²) in [5.41, 5.74) is 4.45. The van der Waals surface area contributed by atoms with Crippen molar-refractivity contribution < 1.29 is 24.2 Å². The van der Waals surface area contributed by atoms with Crippen molar-refractivity contribution in [3.63, 3.8) is 0 Å². The van der Waals surface area contributed by atoms with Gasteiger partial charge in [0.05, 0.1) is 0 Å². The van der Waals surface area contributed by atoms with Crippen LogP contribution in [0.25, 0.3) is 11.1 Å². The Balaban J connectivity index is 1.61. The molecule has 8 nitrogen and oxygen atoms in total. The Bertz CT molecular complexity index is 946. The second kappa shape index (κ2) is 10.3. The fraction of sp³-hybridized carbons (Fsp3) is 0.375. The summed E-state index contributed by atoms with van der Waals surface area (Å²) in [4.78, 5) is 38.1. The monoisotopic (exact) mass is 439 g/mol. The average Bonchev–Trinajstić information content (AvgIpc) is 3.09. The molecule has 0 spiro atoms. The summed E-state index contributed by atoms with van der Waals surface area (Å²) < 4.78 is 5.48. The third-order valence-electron chi connectivity index (χ3n) is 5.52. The van der Waals surface area contributed by atoms with Crippen LogP contribution in [0.4, 0.5) is 4.79 Å². The van der Waals surface area contributed by atoms with Crippen molar-refractivity contribution in [3.8, 4) is 11.1 Å². The lowest BCUT2D eigenvalue weighted by Crippen LogP contribution is -2.54. The lowest BCUT2D eigenvalue weighted by molar-refractivity contribution is -0.142. The van der Waals surface area contributed by atoms with Gasteiger partial charge in [-0.3, -0.25) is 4.79 Å². The number of alkyl carbamates (subject to hydrolysis) is 1. The van der Waals surface area contributed by atoms with Crippen LogP contribution in [-0.4, -0.2) is 67.3 Å². The summed E-state index contributed by atoms with van der Waals surface area (Å²) in [7, 11) is 3.43. The molecule has 2 aromatic rings. The van der Waals surface area contributed by atoms with Crippen LogP contribution in [0.2, 0.25) is 0 Å². The van der Waals surface area contributed by atoms with E-state index < -0.39 is 30.1 Å². The van der Waals surface area contributed by atoms with Gasteiger partial charge in [0.25, 0.3) is 0 Å². The number of fused-ring (bicyclic) bond motifs is 3. The van der Waals surface area contributed by atoms with Crippen LogP contribution in [0, 0.1) is 0 Å². The van der Waals surface area contributed by atoms with E-state index in [0.29, 0.717) is 6.42 Å². The summed E-state index contributed by atoms with van der Waals surface area (Å²) >= 11 is 0. The Morgan fingerprint density at radius 3 is 2.03 bits per heavy atom. The van der Waals surface area contributed by atoms with E-state index in [1.807, 2.05) is 36.4 Å². The zero-order valence-electron chi connectivity index (χ0n) is 18.5. The van der Waals surface area contributed by atoms with E-state index in [9.17, 15) is 19.5 Å². The fourth-order valence-corrected chi connectivity index (χ4v) is 3.96. The van der Waals surface area contributed by atoms with Crippen LogP contribution < -0.4 is 10.6 Å². The largest absolute Gasteiger partial charge is 0.480 e. The maximum Gasteiger partial charge on any atom is 0.407 e. The number of ether oxygens (including phenoxy) is 1. The molecule has 3 rings (SSSR count). The van der Waals surface area contributed by atoms with E-state index in [-0.39, 0.29) is 19.1 Å². The number of carboxylic acid groups (broad SMARTS) is 1. The minimum atomic E-state index is -1.14. The van der Waals surface area contributed by atoms with Gasteiger partial charge in [0, 0.05) is 12.5 Å². The van der Waals surface area contributed by atoms with Gasteiger partial charge in [-0.25, -0.2) is 9.59 Å². The quantitative estimate of drug-likeness (QED) is 0.554. The summed E-state index contributed by atoms with van der Waals surface area (Å²) in [6, 6.07) is 14.1. The zero-order valence-corrected chi connectivity index (χ0v) is 18.5. The first-order valence-corrected chi connectivity index (χ1v) is 10.6. The topological polar surface area (TPSA) is 108 Å². The number of rotatable bonds is 9. The Morgan fingerprint density at radius 2 is 1.53 bits per heavy atom. The Labute approximate surface area is 187 Å². The SMILES string of the molecule is CC[C@H](NC(=O)OCC1c2ccccc2-c2ccccc21)C(=O)N[C@@H](CN(C)C)C(=O)O. The Morgan fingerprint density at radius 1 is 0.969 bits per heavy atom. The molecule has 1 aliphatic rings. The molecule has 0 saturated heterocycles. The minimum absolute atomic E-state index is 0.0847. The molecule has 0 aliphatic heterocycles. The first-order chi connectivity index (χ1) is 15.3. The number of amides is 2. The van der Waals surface area contributed by atoms with Crippen LogP contribution >= 0.6 is 0 Å². The second-order valence-electron chi connectivity index (χ2n) is 8.09. The highest BCUT2D eigenvalue weighted by atomic mass is 16.5. The van der Waals surface area contributed by atoms with Gasteiger partial charge in [-0.1, -0.05) is 55.5 Å². The van der Waals surface area contributed by atoms with Crippen LogP contribution in [0.3, 0.4) is 0 Å². The molecule has 32 heavy (non-hydrogen) atoms. The lowest BCUT2D eigenvalue weighted by Gasteiger charge is -2.22. The summed E-state index contributed by atoms with van der Waals surface area (Å²) in [5.74, 6) is -1.78. The predicted molar refractivity (Wildman–Crippen MR) is 120 cm³/mol. The molecule has 8 heteroatoms. The predicted octanol–water partition coefficient (Wildman–Crippen LogP) is 2.43. The van der Waals surface area contributed by atoms with Gasteiger partial charge in [0.15, 0.2) is 0 Å². The first kappa shape index (κ1) is 23.3. The number of carboxylic acids is 1. The highest BCUT2D eigenvalue weighted by Gasteiger charge is 2.30. The Kier molecular flexibility index (Phi) is 7.48. The molecule has 2 amide bonds. The van der Waals surface area contributed by atoms with Crippen LogP contribution in [0.15, 0.2) is 48.5 Å². The number of hydrogen-bond donors (Lipinski definition) is 3. The van der Waals surface area contributed by atoms with Gasteiger partial charge in [0.1, 0.15) is 18.7 Å². The van der Waals surface area contributed by atoms with Gasteiger partial charge < -0.3 is 25.4 Å². The fourth-order valence-electron chi connectivity index (χ4n) is 3.96. The van der Waals surface area contributed by atoms with Crippen LogP contribution in [0.1, 0.15) is 30.4 Å². The molecular formula is C24H29N3O5. The summed E-state index contributed by atoms with van der Waals surface area (Å²) in [6.45, 7) is 2.01.